The van der Waals surface area contributed by atoms with Crippen molar-refractivity contribution in [2.45, 2.75) is 0 Å². The average Bonchev–Trinajstić information content (AvgIpc) is 2.20. The van der Waals surface area contributed by atoms with Crippen LogP contribution in [0.25, 0.3) is 0 Å². The fourth-order valence-electron chi connectivity index (χ4n) is 0.560. The number of hydrogen-bond acceptors (Lipinski definition) is 4. The van der Waals surface area contributed by atoms with Crippen LogP contribution >= 0.6 is 0 Å². The zero-order valence-electron chi connectivity index (χ0n) is 4.87. The molecule has 1 rings (SSSR count). The molecule has 10 heavy (non-hydrogen) atoms. The summed E-state index contributed by atoms with van der Waals surface area (Å²) in [6.45, 7) is 0. The van der Waals surface area contributed by atoms with E-state index in [9.17, 15) is 9.59 Å². The van der Waals surface area contributed by atoms with Crippen molar-refractivity contribution in [2.75, 3.05) is 0 Å². The van der Waals surface area contributed by atoms with E-state index >= 15 is 0 Å². The third-order valence-corrected chi connectivity index (χ3v) is 0.971. The molecule has 1 N–H and O–H groups in total. The number of nitrogens with zero attached hydrogens (tertiary/aromatic N) is 2. The van der Waals surface area contributed by atoms with Gasteiger partial charge in [0.2, 0.25) is 0 Å². The van der Waals surface area contributed by atoms with Crippen LogP contribution in [0.5, 0.6) is 0 Å². The van der Waals surface area contributed by atoms with Crippen LogP contribution in [-0.4, -0.2) is 16.8 Å². The molecule has 0 fully saturated rings. The van der Waals surface area contributed by atoms with Gasteiger partial charge in [-0.15, -0.1) is 0 Å². The van der Waals surface area contributed by atoms with Gasteiger partial charge in [-0.2, -0.15) is 10.3 Å². The molecule has 0 aromatic rings. The van der Waals surface area contributed by atoms with E-state index in [0.29, 0.717) is 5.01 Å². The van der Waals surface area contributed by atoms with Gasteiger partial charge in [-0.3, -0.25) is 9.59 Å². The summed E-state index contributed by atoms with van der Waals surface area (Å²) in [5.74, 6) is -1.04. The van der Waals surface area contributed by atoms with Crippen molar-refractivity contribution in [2.24, 2.45) is 0 Å². The Bertz CT molecular complexity index is 232. The molecule has 0 bridgehead atoms. The minimum Gasteiger partial charge on any atom is -0.267 e. The summed E-state index contributed by atoms with van der Waals surface area (Å²) in [5.41, 5.74) is 1.92. The van der Waals surface area contributed by atoms with Crippen LogP contribution < -0.4 is 5.43 Å². The van der Waals surface area contributed by atoms with Gasteiger partial charge in [0.05, 0.1) is 0 Å². The molecule has 5 nitrogen and oxygen atoms in total. The molecular weight excluding hydrogens is 134 g/mol. The van der Waals surface area contributed by atoms with Gasteiger partial charge in [0.25, 0.3) is 11.8 Å². The summed E-state index contributed by atoms with van der Waals surface area (Å²) >= 11 is 0. The summed E-state index contributed by atoms with van der Waals surface area (Å²) in [6.07, 6.45) is 3.64. The van der Waals surface area contributed by atoms with Crippen molar-refractivity contribution < 1.29 is 9.59 Å². The van der Waals surface area contributed by atoms with E-state index in [1.54, 1.807) is 0 Å². The fourth-order valence-corrected chi connectivity index (χ4v) is 0.560. The third-order valence-electron chi connectivity index (χ3n) is 0.971. The van der Waals surface area contributed by atoms with Crippen molar-refractivity contribution in [1.82, 2.24) is 10.4 Å². The van der Waals surface area contributed by atoms with Gasteiger partial charge in [0.1, 0.15) is 0 Å². The molecule has 0 aromatic carbocycles. The number of imide groups is 1. The minimum atomic E-state index is -0.522. The first-order valence-corrected chi connectivity index (χ1v) is 2.46. The molecule has 0 atom stereocenters. The van der Waals surface area contributed by atoms with E-state index in [-0.39, 0.29) is 0 Å². The van der Waals surface area contributed by atoms with E-state index in [2.05, 4.69) is 0 Å². The van der Waals surface area contributed by atoms with Gasteiger partial charge in [0, 0.05) is 12.2 Å². The maximum absolute atomic E-state index is 10.6. The molecule has 0 aliphatic carbocycles. The number of nitriles is 1. The van der Waals surface area contributed by atoms with Crippen LogP contribution in [-0.2, 0) is 9.59 Å². The van der Waals surface area contributed by atoms with E-state index in [4.69, 9.17) is 5.26 Å². The van der Waals surface area contributed by atoms with Crippen LogP contribution in [0, 0.1) is 11.5 Å². The van der Waals surface area contributed by atoms with Gasteiger partial charge >= 0.3 is 0 Å². The van der Waals surface area contributed by atoms with Crippen molar-refractivity contribution in [1.29, 1.82) is 5.26 Å². The first kappa shape index (κ1) is 6.29. The molecule has 5 heteroatoms. The van der Waals surface area contributed by atoms with Gasteiger partial charge in [-0.1, -0.05) is 0 Å². The van der Waals surface area contributed by atoms with Crippen LogP contribution in [0.1, 0.15) is 0 Å². The fraction of sp³-hybridized carbons (Fsp3) is 0. The van der Waals surface area contributed by atoms with Gasteiger partial charge in [0.15, 0.2) is 6.19 Å². The first-order chi connectivity index (χ1) is 4.75. The number of nitrogens with one attached hydrogen (secondary N) is 1. The second-order valence-electron chi connectivity index (χ2n) is 1.57. The van der Waals surface area contributed by atoms with Crippen molar-refractivity contribution in [3.63, 3.8) is 0 Å². The highest BCUT2D eigenvalue weighted by Gasteiger charge is 2.22. The second-order valence-corrected chi connectivity index (χ2v) is 1.57. The maximum atomic E-state index is 10.6. The average molecular weight is 137 g/mol. The molecule has 0 saturated carbocycles. The monoisotopic (exact) mass is 137 g/mol. The lowest BCUT2D eigenvalue weighted by Crippen LogP contribution is -2.39. The van der Waals surface area contributed by atoms with Crippen LogP contribution in [0.3, 0.4) is 0 Å². The summed E-state index contributed by atoms with van der Waals surface area (Å²) in [4.78, 5) is 21.2. The number of hydrogen-bond donors (Lipinski definition) is 1. The summed E-state index contributed by atoms with van der Waals surface area (Å²) in [5, 5.41) is 8.65. The Morgan fingerprint density at radius 3 is 2.30 bits per heavy atom. The van der Waals surface area contributed by atoms with Crippen LogP contribution in [0.2, 0.25) is 0 Å². The maximum Gasteiger partial charge on any atom is 0.273 e. The molecule has 1 aliphatic heterocycles. The zero-order chi connectivity index (χ0) is 7.56. The number of carbonyl (C=O) groups excluding carboxylic acids is 2. The van der Waals surface area contributed by atoms with Gasteiger partial charge in [-0.25, -0.2) is 5.43 Å². The summed E-state index contributed by atoms with van der Waals surface area (Å²) < 4.78 is 0. The number of hydrazine groups is 1. The normalized spacial score (nSPS) is 15.7. The molecule has 0 aromatic heterocycles. The molecule has 0 unspecified atom stereocenters. The smallest absolute Gasteiger partial charge is 0.267 e. The van der Waals surface area contributed by atoms with Crippen molar-refractivity contribution in [3.8, 4) is 6.19 Å². The van der Waals surface area contributed by atoms with E-state index in [1.807, 2.05) is 5.43 Å². The quantitative estimate of drug-likeness (QED) is 0.283. The number of rotatable bonds is 1. The topological polar surface area (TPSA) is 73.2 Å². The Morgan fingerprint density at radius 1 is 1.40 bits per heavy atom. The predicted molar refractivity (Wildman–Crippen MR) is 29.7 cm³/mol. The Morgan fingerprint density at radius 2 is 1.90 bits per heavy atom. The summed E-state index contributed by atoms with van der Waals surface area (Å²) in [7, 11) is 0. The molecular formula is C5H3N3O2. The van der Waals surface area contributed by atoms with E-state index < -0.39 is 11.8 Å². The Hall–Kier alpha value is -1.83. The van der Waals surface area contributed by atoms with Crippen molar-refractivity contribution in [3.05, 3.63) is 12.2 Å². The van der Waals surface area contributed by atoms with Crippen molar-refractivity contribution >= 4 is 11.8 Å². The highest BCUT2D eigenvalue weighted by molar-refractivity contribution is 6.12. The largest absolute Gasteiger partial charge is 0.273 e. The molecule has 2 amide bonds. The van der Waals surface area contributed by atoms with Crippen LogP contribution in [0.4, 0.5) is 0 Å². The Labute approximate surface area is 56.5 Å². The SMILES string of the molecule is N#CNN1C(=O)C=CC1=O. The Kier molecular flexibility index (Phi) is 1.38. The predicted octanol–water partition coefficient (Wildman–Crippen LogP) is -1.10. The lowest BCUT2D eigenvalue weighted by molar-refractivity contribution is -0.139. The van der Waals surface area contributed by atoms with Gasteiger partial charge < -0.3 is 0 Å². The first-order valence-electron chi connectivity index (χ1n) is 2.46. The third kappa shape index (κ3) is 0.821. The molecule has 1 aliphatic rings. The number of amides is 2. The van der Waals surface area contributed by atoms with E-state index in [0.717, 1.165) is 12.2 Å². The molecule has 50 valence electrons. The molecule has 1 heterocycles. The standard InChI is InChI=1S/C5H3N3O2/c6-3-7-8-4(9)1-2-5(8)10/h1-2,7H. The highest BCUT2D eigenvalue weighted by Crippen LogP contribution is 1.97. The lowest BCUT2D eigenvalue weighted by atomic mass is 10.6. The summed E-state index contributed by atoms with van der Waals surface area (Å²) in [6, 6.07) is 0. The second kappa shape index (κ2) is 2.19. The molecule has 0 radical (unpaired) electrons. The minimum absolute atomic E-state index is 0.522. The lowest BCUT2D eigenvalue weighted by Gasteiger charge is -2.07. The molecule has 0 spiro atoms. The number of carbonyl (C=O) groups is 2. The van der Waals surface area contributed by atoms with E-state index in [1.165, 1.54) is 6.19 Å². The highest BCUT2D eigenvalue weighted by atomic mass is 16.2. The molecule has 0 saturated heterocycles. The van der Waals surface area contributed by atoms with Crippen LogP contribution in [0.15, 0.2) is 12.2 Å². The van der Waals surface area contributed by atoms with Gasteiger partial charge in [-0.05, 0) is 0 Å². The zero-order valence-corrected chi connectivity index (χ0v) is 4.87. The Balaban J connectivity index is 2.72.